The van der Waals surface area contributed by atoms with Crippen molar-refractivity contribution < 1.29 is 22.2 Å². The molecule has 1 aromatic carbocycles. The second-order valence-electron chi connectivity index (χ2n) is 8.14. The number of likely N-dealkylation sites (tertiary alicyclic amines) is 1. The Morgan fingerprint density at radius 1 is 1.00 bits per heavy atom. The first-order valence-corrected chi connectivity index (χ1v) is 12.2. The molecule has 3 aromatic rings. The van der Waals surface area contributed by atoms with E-state index in [9.17, 15) is 13.2 Å². The fourth-order valence-electron chi connectivity index (χ4n) is 4.26. The summed E-state index contributed by atoms with van der Waals surface area (Å²) in [7, 11) is -3.45. The van der Waals surface area contributed by atoms with Gasteiger partial charge >= 0.3 is 0 Å². The molecule has 0 N–H and O–H groups in total. The van der Waals surface area contributed by atoms with E-state index in [-0.39, 0.29) is 16.7 Å². The average molecular weight is 457 g/mol. The van der Waals surface area contributed by atoms with Crippen LogP contribution in [0.1, 0.15) is 48.0 Å². The van der Waals surface area contributed by atoms with E-state index in [0.717, 1.165) is 25.7 Å². The van der Waals surface area contributed by atoms with E-state index in [0.29, 0.717) is 49.2 Å². The molecule has 10 heteroatoms. The minimum Gasteiger partial charge on any atom is -0.459 e. The van der Waals surface area contributed by atoms with Gasteiger partial charge in [-0.15, -0.1) is 0 Å². The highest BCUT2D eigenvalue weighted by molar-refractivity contribution is 7.89. The summed E-state index contributed by atoms with van der Waals surface area (Å²) in [6.07, 6.45) is 4.74. The van der Waals surface area contributed by atoms with Crippen molar-refractivity contribution >= 4 is 15.9 Å². The van der Waals surface area contributed by atoms with E-state index in [2.05, 4.69) is 10.1 Å². The topological polar surface area (TPSA) is 110 Å². The zero-order valence-corrected chi connectivity index (χ0v) is 18.3. The third kappa shape index (κ3) is 3.95. The number of hydrogen-bond acceptors (Lipinski definition) is 7. The number of sulfonamides is 1. The van der Waals surface area contributed by atoms with Crippen molar-refractivity contribution in [2.45, 2.75) is 36.5 Å². The van der Waals surface area contributed by atoms with Gasteiger partial charge < -0.3 is 13.8 Å². The smallest absolute Gasteiger partial charge is 0.289 e. The number of rotatable bonds is 5. The van der Waals surface area contributed by atoms with Crippen LogP contribution < -0.4 is 0 Å². The van der Waals surface area contributed by atoms with Crippen LogP contribution in [0.3, 0.4) is 0 Å². The first kappa shape index (κ1) is 20.9. The zero-order valence-electron chi connectivity index (χ0n) is 17.5. The highest BCUT2D eigenvalue weighted by Crippen LogP contribution is 2.30. The number of aromatic nitrogens is 2. The molecule has 5 rings (SSSR count). The normalized spacial score (nSPS) is 18.3. The van der Waals surface area contributed by atoms with Crippen LogP contribution in [-0.4, -0.2) is 59.8 Å². The summed E-state index contributed by atoms with van der Waals surface area (Å²) in [5.41, 5.74) is 0.700. The zero-order chi connectivity index (χ0) is 22.1. The van der Waals surface area contributed by atoms with Crippen molar-refractivity contribution in [3.05, 3.63) is 54.3 Å². The maximum absolute atomic E-state index is 12.7. The molecule has 2 fully saturated rings. The van der Waals surface area contributed by atoms with Gasteiger partial charge in [-0.2, -0.15) is 9.29 Å². The lowest BCUT2D eigenvalue weighted by Gasteiger charge is -2.29. The predicted molar refractivity (Wildman–Crippen MR) is 114 cm³/mol. The second-order valence-corrected chi connectivity index (χ2v) is 10.1. The molecule has 0 aliphatic carbocycles. The highest BCUT2D eigenvalue weighted by atomic mass is 32.2. The Labute approximate surface area is 186 Å². The number of amides is 1. The Balaban J connectivity index is 1.24. The summed E-state index contributed by atoms with van der Waals surface area (Å²) in [5, 5.41) is 4.08. The molecule has 168 valence electrons. The van der Waals surface area contributed by atoms with Crippen LogP contribution in [0.2, 0.25) is 0 Å². The third-order valence-corrected chi connectivity index (χ3v) is 8.03. The van der Waals surface area contributed by atoms with Crippen LogP contribution in [0.25, 0.3) is 11.4 Å². The lowest BCUT2D eigenvalue weighted by molar-refractivity contribution is 0.0672. The van der Waals surface area contributed by atoms with Crippen molar-refractivity contribution in [2.75, 3.05) is 26.2 Å². The van der Waals surface area contributed by atoms with Gasteiger partial charge in [0.25, 0.3) is 5.91 Å². The van der Waals surface area contributed by atoms with Crippen molar-refractivity contribution in [2.24, 2.45) is 0 Å². The molecule has 32 heavy (non-hydrogen) atoms. The van der Waals surface area contributed by atoms with Gasteiger partial charge in [-0.3, -0.25) is 4.79 Å². The first-order chi connectivity index (χ1) is 15.5. The molecule has 0 spiro atoms. The van der Waals surface area contributed by atoms with Gasteiger partial charge in [0, 0.05) is 37.7 Å². The SMILES string of the molecule is O=C(c1ccco1)N1CCC(c2nc(-c3ccc(S(=O)(=O)N4CCCC4)cc3)no2)CC1. The standard InChI is InChI=1S/C22H24N4O5S/c27-22(19-4-3-15-30-19)25-13-9-17(10-14-25)21-23-20(24-31-21)16-5-7-18(8-6-16)32(28,29)26-11-1-2-12-26/h3-8,15,17H,1-2,9-14H2. The van der Waals surface area contributed by atoms with E-state index in [4.69, 9.17) is 8.94 Å². The molecular formula is C22H24N4O5S. The molecule has 4 heterocycles. The van der Waals surface area contributed by atoms with E-state index in [1.807, 2.05) is 0 Å². The largest absolute Gasteiger partial charge is 0.459 e. The molecule has 0 atom stereocenters. The predicted octanol–water partition coefficient (Wildman–Crippen LogP) is 3.13. The maximum atomic E-state index is 12.7. The molecule has 2 aromatic heterocycles. The van der Waals surface area contributed by atoms with Gasteiger partial charge in [0.15, 0.2) is 5.76 Å². The molecule has 0 radical (unpaired) electrons. The van der Waals surface area contributed by atoms with Crippen LogP contribution in [0.4, 0.5) is 0 Å². The first-order valence-electron chi connectivity index (χ1n) is 10.8. The molecule has 2 aliphatic heterocycles. The van der Waals surface area contributed by atoms with Gasteiger partial charge in [-0.05, 0) is 62.1 Å². The average Bonchev–Trinajstić information content (AvgIpc) is 3.61. The third-order valence-electron chi connectivity index (χ3n) is 6.12. The number of carbonyl (C=O) groups excluding carboxylic acids is 1. The summed E-state index contributed by atoms with van der Waals surface area (Å²) < 4.78 is 37.6. The fourth-order valence-corrected chi connectivity index (χ4v) is 5.77. The molecule has 2 saturated heterocycles. The summed E-state index contributed by atoms with van der Waals surface area (Å²) in [4.78, 5) is 19.0. The summed E-state index contributed by atoms with van der Waals surface area (Å²) >= 11 is 0. The Bertz CT molecular complexity index is 1170. The molecule has 0 bridgehead atoms. The van der Waals surface area contributed by atoms with Crippen LogP contribution in [0.5, 0.6) is 0 Å². The molecular weight excluding hydrogens is 432 g/mol. The molecule has 0 unspecified atom stereocenters. The van der Waals surface area contributed by atoms with Gasteiger partial charge in [-0.1, -0.05) is 5.16 Å². The van der Waals surface area contributed by atoms with Gasteiger partial charge in [0.2, 0.25) is 21.7 Å². The number of hydrogen-bond donors (Lipinski definition) is 0. The van der Waals surface area contributed by atoms with Crippen LogP contribution in [0, 0.1) is 0 Å². The maximum Gasteiger partial charge on any atom is 0.289 e. The quantitative estimate of drug-likeness (QED) is 0.580. The van der Waals surface area contributed by atoms with Crippen molar-refractivity contribution in [3.63, 3.8) is 0 Å². The highest BCUT2D eigenvalue weighted by Gasteiger charge is 2.30. The monoisotopic (exact) mass is 456 g/mol. The summed E-state index contributed by atoms with van der Waals surface area (Å²) in [5.74, 6) is 1.28. The number of carbonyl (C=O) groups is 1. The lowest BCUT2D eigenvalue weighted by Crippen LogP contribution is -2.37. The lowest BCUT2D eigenvalue weighted by atomic mass is 9.96. The second kappa shape index (κ2) is 8.51. The van der Waals surface area contributed by atoms with Gasteiger partial charge in [0.05, 0.1) is 11.2 Å². The van der Waals surface area contributed by atoms with Gasteiger partial charge in [-0.25, -0.2) is 8.42 Å². The number of nitrogens with zero attached hydrogens (tertiary/aromatic N) is 4. The molecule has 1 amide bonds. The Morgan fingerprint density at radius 2 is 1.72 bits per heavy atom. The molecule has 0 saturated carbocycles. The summed E-state index contributed by atoms with van der Waals surface area (Å²) in [6.45, 7) is 2.32. The number of benzene rings is 1. The van der Waals surface area contributed by atoms with Crippen LogP contribution >= 0.6 is 0 Å². The molecule has 9 nitrogen and oxygen atoms in total. The van der Waals surface area contributed by atoms with Crippen LogP contribution in [0.15, 0.2) is 56.5 Å². The van der Waals surface area contributed by atoms with Crippen molar-refractivity contribution in [3.8, 4) is 11.4 Å². The van der Waals surface area contributed by atoms with Crippen molar-refractivity contribution in [1.82, 2.24) is 19.3 Å². The van der Waals surface area contributed by atoms with Crippen LogP contribution in [-0.2, 0) is 10.0 Å². The Hall–Kier alpha value is -2.98. The van der Waals surface area contributed by atoms with Crippen molar-refractivity contribution in [1.29, 1.82) is 0 Å². The minimum atomic E-state index is -3.45. The Kier molecular flexibility index (Phi) is 5.56. The van der Waals surface area contributed by atoms with Gasteiger partial charge in [0.1, 0.15) is 0 Å². The number of piperidine rings is 1. The Morgan fingerprint density at radius 3 is 2.38 bits per heavy atom. The molecule has 2 aliphatic rings. The van der Waals surface area contributed by atoms with E-state index < -0.39 is 10.0 Å². The van der Waals surface area contributed by atoms with E-state index in [1.165, 1.54) is 10.6 Å². The van der Waals surface area contributed by atoms with E-state index in [1.54, 1.807) is 41.3 Å². The number of furan rings is 1. The fraction of sp³-hybridized carbons (Fsp3) is 0.409. The van der Waals surface area contributed by atoms with E-state index >= 15 is 0 Å². The summed E-state index contributed by atoms with van der Waals surface area (Å²) in [6, 6.07) is 9.98. The minimum absolute atomic E-state index is 0.0757.